The van der Waals surface area contributed by atoms with Crippen molar-refractivity contribution in [1.29, 1.82) is 0 Å². The number of primary sulfonamides is 1. The Kier molecular flexibility index (Phi) is 5.67. The van der Waals surface area contributed by atoms with Crippen LogP contribution in [0.3, 0.4) is 0 Å². The zero-order chi connectivity index (χ0) is 21.5. The lowest BCUT2D eigenvalue weighted by molar-refractivity contribution is 0.288. The van der Waals surface area contributed by atoms with Crippen LogP contribution in [0.15, 0.2) is 39.2 Å². The number of nitrogens with zero attached hydrogens (tertiary/aromatic N) is 2. The van der Waals surface area contributed by atoms with Crippen LogP contribution < -0.4 is 16.2 Å². The van der Waals surface area contributed by atoms with Gasteiger partial charge in [0.15, 0.2) is 0 Å². The second-order valence-corrected chi connectivity index (χ2v) is 10.5. The van der Waals surface area contributed by atoms with Gasteiger partial charge < -0.3 is 16.2 Å². The van der Waals surface area contributed by atoms with E-state index in [0.717, 1.165) is 51.4 Å². The summed E-state index contributed by atoms with van der Waals surface area (Å²) < 4.78 is 23.4. The number of anilines is 1. The minimum absolute atomic E-state index is 0.0865. The number of thiophene rings is 1. The Morgan fingerprint density at radius 1 is 1.33 bits per heavy atom. The number of hydrogen-bond acceptors (Lipinski definition) is 8. The fourth-order valence-electron chi connectivity index (χ4n) is 3.65. The fraction of sp³-hybridized carbons (Fsp3) is 0.400. The van der Waals surface area contributed by atoms with Crippen molar-refractivity contribution in [2.45, 2.75) is 43.0 Å². The molecule has 0 bridgehead atoms. The topological polar surface area (TPSA) is 144 Å². The number of aliphatic hydroxyl groups excluding tert-OH is 1. The Morgan fingerprint density at radius 2 is 2.10 bits per heavy atom. The summed E-state index contributed by atoms with van der Waals surface area (Å²) in [6.07, 6.45) is 7.16. The Labute approximate surface area is 179 Å². The first-order chi connectivity index (χ1) is 14.3. The lowest BCUT2D eigenvalue weighted by Gasteiger charge is -2.19. The highest BCUT2D eigenvalue weighted by atomic mass is 32.2. The molecule has 1 aliphatic heterocycles. The standard InChI is InChI=1S/C20H25N5O3S2/c1-11-18(24-16-9-14(12-4-5-12)20(21)25-16)13(3-2-8-26)10-23-19(11)15-6-7-17(29-15)30(22,27)28/h6-7,9-10,12,16,26H,2-5,8H2,1H3,(H2,21,25)(H,23,24)(H2,22,27,28). The van der Waals surface area contributed by atoms with E-state index in [-0.39, 0.29) is 17.0 Å². The van der Waals surface area contributed by atoms with Crippen molar-refractivity contribution in [2.24, 2.45) is 21.8 Å². The normalized spacial score (nSPS) is 19.0. The maximum atomic E-state index is 11.7. The molecule has 0 saturated heterocycles. The number of sulfonamides is 1. The highest BCUT2D eigenvalue weighted by molar-refractivity contribution is 7.91. The summed E-state index contributed by atoms with van der Waals surface area (Å²) in [7, 11) is -3.76. The van der Waals surface area contributed by atoms with Crippen molar-refractivity contribution < 1.29 is 13.5 Å². The second-order valence-electron chi connectivity index (χ2n) is 7.62. The molecule has 1 aliphatic carbocycles. The van der Waals surface area contributed by atoms with Crippen molar-refractivity contribution in [2.75, 3.05) is 11.9 Å². The van der Waals surface area contributed by atoms with E-state index in [1.807, 2.05) is 6.92 Å². The van der Waals surface area contributed by atoms with Crippen LogP contribution in [0.2, 0.25) is 0 Å². The predicted octanol–water partition coefficient (Wildman–Crippen LogP) is 2.14. The minimum Gasteiger partial charge on any atom is -0.396 e. The molecule has 2 aromatic rings. The first kappa shape index (κ1) is 21.0. The minimum atomic E-state index is -3.76. The highest BCUT2D eigenvalue weighted by Crippen LogP contribution is 2.39. The number of aliphatic imine (C=N–C) groups is 1. The average molecular weight is 448 g/mol. The molecule has 8 nitrogen and oxygen atoms in total. The number of aromatic nitrogens is 1. The monoisotopic (exact) mass is 447 g/mol. The van der Waals surface area contributed by atoms with Gasteiger partial charge in [0.2, 0.25) is 10.0 Å². The van der Waals surface area contributed by atoms with Crippen LogP contribution in [0, 0.1) is 12.8 Å². The van der Waals surface area contributed by atoms with Gasteiger partial charge in [-0.15, -0.1) is 11.3 Å². The van der Waals surface area contributed by atoms with Gasteiger partial charge in [-0.3, -0.25) is 4.98 Å². The number of amidine groups is 1. The van der Waals surface area contributed by atoms with Crippen molar-refractivity contribution in [1.82, 2.24) is 4.98 Å². The van der Waals surface area contributed by atoms with Crippen LogP contribution in [0.5, 0.6) is 0 Å². The van der Waals surface area contributed by atoms with Crippen LogP contribution in [-0.2, 0) is 16.4 Å². The zero-order valence-corrected chi connectivity index (χ0v) is 18.3. The molecule has 2 aromatic heterocycles. The third kappa shape index (κ3) is 4.27. The van der Waals surface area contributed by atoms with E-state index in [2.05, 4.69) is 21.4 Å². The van der Waals surface area contributed by atoms with Crippen LogP contribution in [0.1, 0.15) is 30.4 Å². The number of nitrogens with two attached hydrogens (primary N) is 2. The molecule has 6 N–H and O–H groups in total. The smallest absolute Gasteiger partial charge is 0.247 e. The van der Waals surface area contributed by atoms with Gasteiger partial charge in [0.25, 0.3) is 0 Å². The Balaban J connectivity index is 1.70. The summed E-state index contributed by atoms with van der Waals surface area (Å²) in [4.78, 5) is 9.85. The van der Waals surface area contributed by atoms with Crippen LogP contribution in [-0.4, -0.2) is 37.1 Å². The number of nitrogens with one attached hydrogen (secondary N) is 1. The third-order valence-corrected chi connectivity index (χ3v) is 7.85. The molecule has 1 atom stereocenters. The summed E-state index contributed by atoms with van der Waals surface area (Å²) in [5.74, 6) is 1.11. The lowest BCUT2D eigenvalue weighted by atomic mass is 10.0. The Morgan fingerprint density at radius 3 is 2.73 bits per heavy atom. The lowest BCUT2D eigenvalue weighted by Crippen LogP contribution is -2.17. The molecule has 1 unspecified atom stereocenters. The molecule has 0 radical (unpaired) electrons. The average Bonchev–Trinajstić information content (AvgIpc) is 3.27. The maximum Gasteiger partial charge on any atom is 0.247 e. The molecule has 10 heteroatoms. The molecular weight excluding hydrogens is 422 g/mol. The van der Waals surface area contributed by atoms with Gasteiger partial charge in [0.1, 0.15) is 16.2 Å². The molecule has 2 aliphatic rings. The fourth-order valence-corrected chi connectivity index (χ4v) is 5.43. The largest absolute Gasteiger partial charge is 0.396 e. The van der Waals surface area contributed by atoms with E-state index in [0.29, 0.717) is 30.3 Å². The third-order valence-electron chi connectivity index (χ3n) is 5.32. The molecule has 0 spiro atoms. The van der Waals surface area contributed by atoms with E-state index < -0.39 is 10.0 Å². The first-order valence-electron chi connectivity index (χ1n) is 9.82. The van der Waals surface area contributed by atoms with Crippen molar-refractivity contribution >= 4 is 32.9 Å². The van der Waals surface area contributed by atoms with E-state index >= 15 is 0 Å². The quantitative estimate of drug-likeness (QED) is 0.488. The van der Waals surface area contributed by atoms with E-state index in [1.54, 1.807) is 12.3 Å². The summed E-state index contributed by atoms with van der Waals surface area (Å²) in [5, 5.41) is 18.0. The van der Waals surface area contributed by atoms with Crippen LogP contribution in [0.4, 0.5) is 5.69 Å². The molecule has 4 rings (SSSR count). The van der Waals surface area contributed by atoms with Gasteiger partial charge in [0.05, 0.1) is 10.6 Å². The Bertz CT molecular complexity index is 1130. The van der Waals surface area contributed by atoms with Crippen LogP contribution >= 0.6 is 11.3 Å². The van der Waals surface area contributed by atoms with Gasteiger partial charge in [-0.05, 0) is 73.4 Å². The summed E-state index contributed by atoms with van der Waals surface area (Å²) >= 11 is 1.09. The molecule has 3 heterocycles. The summed E-state index contributed by atoms with van der Waals surface area (Å²) in [6, 6.07) is 3.21. The number of rotatable bonds is 8. The van der Waals surface area contributed by atoms with Gasteiger partial charge in [-0.2, -0.15) is 0 Å². The van der Waals surface area contributed by atoms with Crippen molar-refractivity contribution in [3.05, 3.63) is 41.1 Å². The number of aryl methyl sites for hydroxylation is 1. The number of aliphatic hydroxyl groups is 1. The molecular formula is C20H25N5O3S2. The zero-order valence-electron chi connectivity index (χ0n) is 16.6. The summed E-state index contributed by atoms with van der Waals surface area (Å²) in [5.41, 5.74) is 10.7. The molecule has 1 fully saturated rings. The molecule has 0 amide bonds. The molecule has 160 valence electrons. The first-order valence-corrected chi connectivity index (χ1v) is 12.2. The molecule has 30 heavy (non-hydrogen) atoms. The van der Waals surface area contributed by atoms with Crippen molar-refractivity contribution in [3.8, 4) is 10.6 Å². The van der Waals surface area contributed by atoms with Gasteiger partial charge in [-0.1, -0.05) is 0 Å². The SMILES string of the molecule is Cc1c(-c2ccc(S(N)(=O)=O)s2)ncc(CCCO)c1NC1C=C(C2CC2)C(N)=N1. The van der Waals surface area contributed by atoms with Crippen LogP contribution in [0.25, 0.3) is 10.6 Å². The van der Waals surface area contributed by atoms with Crippen molar-refractivity contribution in [3.63, 3.8) is 0 Å². The van der Waals surface area contributed by atoms with Gasteiger partial charge >= 0.3 is 0 Å². The molecule has 1 saturated carbocycles. The Hall–Kier alpha value is -2.27. The van der Waals surface area contributed by atoms with E-state index in [4.69, 9.17) is 10.9 Å². The van der Waals surface area contributed by atoms with Gasteiger partial charge in [-0.25, -0.2) is 18.5 Å². The highest BCUT2D eigenvalue weighted by Gasteiger charge is 2.32. The van der Waals surface area contributed by atoms with Gasteiger partial charge in [0, 0.05) is 18.5 Å². The summed E-state index contributed by atoms with van der Waals surface area (Å²) in [6.45, 7) is 2.03. The maximum absolute atomic E-state index is 11.7. The van der Waals surface area contributed by atoms with E-state index in [1.165, 1.54) is 6.07 Å². The predicted molar refractivity (Wildman–Crippen MR) is 119 cm³/mol. The number of pyridine rings is 1. The number of hydrogen-bond donors (Lipinski definition) is 4. The second kappa shape index (κ2) is 8.10. The molecule has 0 aromatic carbocycles. The van der Waals surface area contributed by atoms with E-state index in [9.17, 15) is 13.5 Å².